The molecular weight excluding hydrogens is 384 g/mol. The molecule has 4 N–H and O–H groups in total. The van der Waals surface area contributed by atoms with Crippen LogP contribution in [-0.4, -0.2) is 28.6 Å². The van der Waals surface area contributed by atoms with Crippen LogP contribution in [0, 0.1) is 6.92 Å². The number of nitrogens with one attached hydrogen (secondary N) is 2. The third-order valence-electron chi connectivity index (χ3n) is 4.07. The number of aromatic amines is 1. The molecule has 4 rings (SSSR count). The fourth-order valence-corrected chi connectivity index (χ4v) is 4.89. The number of rotatable bonds is 5. The average molecular weight is 400 g/mol. The molecule has 0 spiro atoms. The van der Waals surface area contributed by atoms with E-state index in [1.807, 2.05) is 6.92 Å². The Balaban J connectivity index is 1.65. The van der Waals surface area contributed by atoms with Crippen LogP contribution in [0.4, 0.5) is 5.82 Å². The number of hydrogen-bond donors (Lipinski definition) is 3. The summed E-state index contributed by atoms with van der Waals surface area (Å²) in [5.41, 5.74) is 9.01. The second-order valence-corrected chi connectivity index (χ2v) is 8.74. The van der Waals surface area contributed by atoms with Crippen LogP contribution in [0.5, 0.6) is 0 Å². The Morgan fingerprint density at radius 1 is 1.22 bits per heavy atom. The average Bonchev–Trinajstić information content (AvgIpc) is 3.22. The lowest BCUT2D eigenvalue weighted by Crippen LogP contribution is -2.23. The molecule has 0 bridgehead atoms. The Kier molecular flexibility index (Phi) is 4.38. The highest BCUT2D eigenvalue weighted by atomic mass is 32.2. The molecule has 0 atom stereocenters. The first-order chi connectivity index (χ1) is 12.9. The summed E-state index contributed by atoms with van der Waals surface area (Å²) in [6, 6.07) is 8.39. The number of thiazole rings is 1. The van der Waals surface area contributed by atoms with Crippen LogP contribution in [0.1, 0.15) is 11.3 Å². The van der Waals surface area contributed by atoms with E-state index in [2.05, 4.69) is 24.9 Å². The third kappa shape index (κ3) is 3.42. The Labute approximate surface area is 159 Å². The van der Waals surface area contributed by atoms with Gasteiger partial charge in [0.1, 0.15) is 5.01 Å². The van der Waals surface area contributed by atoms with E-state index in [0.717, 1.165) is 21.5 Å². The van der Waals surface area contributed by atoms with E-state index in [4.69, 9.17) is 5.73 Å². The van der Waals surface area contributed by atoms with Gasteiger partial charge in [-0.15, -0.1) is 11.3 Å². The first-order valence-corrected chi connectivity index (χ1v) is 10.3. The van der Waals surface area contributed by atoms with E-state index >= 15 is 0 Å². The van der Waals surface area contributed by atoms with Gasteiger partial charge in [0.05, 0.1) is 20.7 Å². The van der Waals surface area contributed by atoms with Crippen molar-refractivity contribution in [2.45, 2.75) is 18.4 Å². The fourth-order valence-electron chi connectivity index (χ4n) is 2.66. The second kappa shape index (κ2) is 6.72. The number of nitrogens with zero attached hydrogens (tertiary/aromatic N) is 3. The predicted octanol–water partition coefficient (Wildman–Crippen LogP) is 2.45. The molecule has 1 aromatic carbocycles. The molecule has 0 saturated carbocycles. The molecule has 0 unspecified atom stereocenters. The van der Waals surface area contributed by atoms with Crippen molar-refractivity contribution in [3.05, 3.63) is 54.0 Å². The quantitative estimate of drug-likeness (QED) is 0.472. The highest BCUT2D eigenvalue weighted by molar-refractivity contribution is 7.89. The first-order valence-electron chi connectivity index (χ1n) is 8.04. The molecule has 27 heavy (non-hydrogen) atoms. The first kappa shape index (κ1) is 17.6. The Bertz CT molecular complexity index is 1200. The number of hydrogen-bond acceptors (Lipinski definition) is 7. The smallest absolute Gasteiger partial charge is 0.240 e. The van der Waals surface area contributed by atoms with Crippen molar-refractivity contribution in [1.29, 1.82) is 0 Å². The molecule has 4 aromatic rings. The lowest BCUT2D eigenvalue weighted by Gasteiger charge is -2.06. The van der Waals surface area contributed by atoms with Gasteiger partial charge in [-0.2, -0.15) is 5.10 Å². The van der Waals surface area contributed by atoms with Gasteiger partial charge in [0.2, 0.25) is 10.0 Å². The normalized spacial score (nSPS) is 11.9. The number of fused-ring (bicyclic) bond motifs is 1. The minimum absolute atomic E-state index is 0.191. The molecule has 0 saturated heterocycles. The molecule has 10 heteroatoms. The fraction of sp³-hybridized carbons (Fsp3) is 0.118. The topological polar surface area (TPSA) is 127 Å². The van der Waals surface area contributed by atoms with Crippen molar-refractivity contribution < 1.29 is 8.42 Å². The van der Waals surface area contributed by atoms with Crippen molar-refractivity contribution in [3.63, 3.8) is 0 Å². The van der Waals surface area contributed by atoms with Crippen LogP contribution < -0.4 is 10.5 Å². The molecule has 3 heterocycles. The maximum absolute atomic E-state index is 12.6. The molecule has 0 aliphatic heterocycles. The van der Waals surface area contributed by atoms with Gasteiger partial charge < -0.3 is 5.73 Å². The van der Waals surface area contributed by atoms with E-state index in [0.29, 0.717) is 16.3 Å². The zero-order valence-electron chi connectivity index (χ0n) is 14.3. The van der Waals surface area contributed by atoms with E-state index in [9.17, 15) is 8.42 Å². The maximum atomic E-state index is 12.6. The molecule has 0 amide bonds. The van der Waals surface area contributed by atoms with Crippen molar-refractivity contribution in [2.24, 2.45) is 0 Å². The standard InChI is InChI=1S/C17H16N6O2S2/c1-10-15(16(18)23-22-10)17-21-13-3-2-12(8-14(13)26-17)27(24,25)20-9-11-4-6-19-7-5-11/h2-8,20H,9H2,1H3,(H3,18,22,23). The van der Waals surface area contributed by atoms with E-state index in [-0.39, 0.29) is 11.4 Å². The van der Waals surface area contributed by atoms with Gasteiger partial charge in [-0.1, -0.05) is 0 Å². The van der Waals surface area contributed by atoms with Crippen LogP contribution in [0.2, 0.25) is 0 Å². The Hall–Kier alpha value is -2.82. The summed E-state index contributed by atoms with van der Waals surface area (Å²) in [7, 11) is -3.65. The molecule has 3 aromatic heterocycles. The number of aromatic nitrogens is 4. The van der Waals surface area contributed by atoms with E-state index in [1.165, 1.54) is 11.3 Å². The maximum Gasteiger partial charge on any atom is 0.240 e. The van der Waals surface area contributed by atoms with Gasteiger partial charge in [-0.05, 0) is 42.8 Å². The molecule has 0 fully saturated rings. The van der Waals surface area contributed by atoms with Crippen molar-refractivity contribution >= 4 is 37.4 Å². The molecule has 8 nitrogen and oxygen atoms in total. The highest BCUT2D eigenvalue weighted by Gasteiger charge is 2.18. The van der Waals surface area contributed by atoms with Crippen LogP contribution in [-0.2, 0) is 16.6 Å². The number of aryl methyl sites for hydroxylation is 1. The van der Waals surface area contributed by atoms with Crippen LogP contribution in [0.25, 0.3) is 20.8 Å². The minimum atomic E-state index is -3.65. The van der Waals surface area contributed by atoms with Crippen LogP contribution in [0.15, 0.2) is 47.6 Å². The number of nitrogen functional groups attached to an aromatic ring is 1. The van der Waals surface area contributed by atoms with Crippen molar-refractivity contribution in [3.8, 4) is 10.6 Å². The summed E-state index contributed by atoms with van der Waals surface area (Å²) < 4.78 is 28.6. The zero-order chi connectivity index (χ0) is 19.0. The molecular formula is C17H16N6O2S2. The SMILES string of the molecule is Cc1[nH]nc(N)c1-c1nc2ccc(S(=O)(=O)NCc3ccncc3)cc2s1. The highest BCUT2D eigenvalue weighted by Crippen LogP contribution is 2.35. The minimum Gasteiger partial charge on any atom is -0.382 e. The predicted molar refractivity (Wildman–Crippen MR) is 105 cm³/mol. The molecule has 0 radical (unpaired) electrons. The lowest BCUT2D eigenvalue weighted by atomic mass is 10.2. The number of pyridine rings is 1. The van der Waals surface area contributed by atoms with Crippen molar-refractivity contribution in [2.75, 3.05) is 5.73 Å². The summed E-state index contributed by atoms with van der Waals surface area (Å²) in [6.45, 7) is 2.06. The Morgan fingerprint density at radius 3 is 2.70 bits per heavy atom. The molecule has 0 aliphatic carbocycles. The number of sulfonamides is 1. The van der Waals surface area contributed by atoms with Crippen LogP contribution >= 0.6 is 11.3 Å². The van der Waals surface area contributed by atoms with Gasteiger partial charge in [0.25, 0.3) is 0 Å². The summed E-state index contributed by atoms with van der Waals surface area (Å²) in [5.74, 6) is 0.374. The van der Waals surface area contributed by atoms with Gasteiger partial charge in [0, 0.05) is 24.6 Å². The lowest BCUT2D eigenvalue weighted by molar-refractivity contribution is 0.581. The van der Waals surface area contributed by atoms with Gasteiger partial charge in [0.15, 0.2) is 5.82 Å². The van der Waals surface area contributed by atoms with Crippen LogP contribution in [0.3, 0.4) is 0 Å². The largest absolute Gasteiger partial charge is 0.382 e. The molecule has 0 aliphatic rings. The number of anilines is 1. The number of benzene rings is 1. The van der Waals surface area contributed by atoms with E-state index in [1.54, 1.807) is 42.7 Å². The van der Waals surface area contributed by atoms with Gasteiger partial charge in [-0.3, -0.25) is 10.1 Å². The zero-order valence-corrected chi connectivity index (χ0v) is 15.9. The van der Waals surface area contributed by atoms with Crippen molar-refractivity contribution in [1.82, 2.24) is 24.9 Å². The van der Waals surface area contributed by atoms with Gasteiger partial charge in [-0.25, -0.2) is 18.1 Å². The summed E-state index contributed by atoms with van der Waals surface area (Å²) in [6.07, 6.45) is 3.25. The second-order valence-electron chi connectivity index (χ2n) is 5.94. The molecule has 138 valence electrons. The monoisotopic (exact) mass is 400 g/mol. The Morgan fingerprint density at radius 2 is 2.00 bits per heavy atom. The third-order valence-corrected chi connectivity index (χ3v) is 6.51. The summed E-state index contributed by atoms with van der Waals surface area (Å²) in [4.78, 5) is 8.66. The van der Waals surface area contributed by atoms with E-state index < -0.39 is 10.0 Å². The summed E-state index contributed by atoms with van der Waals surface area (Å²) >= 11 is 1.38. The summed E-state index contributed by atoms with van der Waals surface area (Å²) in [5, 5.41) is 7.51. The van der Waals surface area contributed by atoms with Gasteiger partial charge >= 0.3 is 0 Å². The number of H-pyrrole nitrogens is 1. The number of nitrogens with two attached hydrogens (primary N) is 1.